The summed E-state index contributed by atoms with van der Waals surface area (Å²) in [6.45, 7) is 5.67. The molecule has 2 aliphatic rings. The summed E-state index contributed by atoms with van der Waals surface area (Å²) in [4.78, 5) is 24.9. The van der Waals surface area contributed by atoms with Crippen molar-refractivity contribution in [3.05, 3.63) is 0 Å². The molecule has 2 amide bonds. The van der Waals surface area contributed by atoms with E-state index in [1.54, 1.807) is 4.90 Å². The molecular formula is C16H28N2O3. The first kappa shape index (κ1) is 16.1. The Morgan fingerprint density at radius 1 is 1.05 bits per heavy atom. The number of urea groups is 1. The average molecular weight is 296 g/mol. The number of rotatable bonds is 3. The Labute approximate surface area is 127 Å². The van der Waals surface area contributed by atoms with Gasteiger partial charge >= 0.3 is 12.0 Å². The van der Waals surface area contributed by atoms with Crippen molar-refractivity contribution >= 4 is 12.0 Å². The lowest BCUT2D eigenvalue weighted by Gasteiger charge is -2.35. The lowest BCUT2D eigenvalue weighted by atomic mass is 9.80. The topological polar surface area (TPSA) is 69.6 Å². The van der Waals surface area contributed by atoms with Crippen molar-refractivity contribution in [2.45, 2.75) is 58.4 Å². The third-order valence-corrected chi connectivity index (χ3v) is 5.17. The minimum absolute atomic E-state index is 0.00756. The quantitative estimate of drug-likeness (QED) is 0.841. The maximum absolute atomic E-state index is 12.2. The van der Waals surface area contributed by atoms with Gasteiger partial charge in [-0.2, -0.15) is 0 Å². The van der Waals surface area contributed by atoms with E-state index in [9.17, 15) is 9.59 Å². The minimum Gasteiger partial charge on any atom is -0.481 e. The summed E-state index contributed by atoms with van der Waals surface area (Å²) in [6, 6.07) is 0.288. The van der Waals surface area contributed by atoms with Gasteiger partial charge in [-0.15, -0.1) is 0 Å². The number of carboxylic acid groups (broad SMARTS) is 1. The zero-order chi connectivity index (χ0) is 15.4. The maximum atomic E-state index is 12.2. The Morgan fingerprint density at radius 3 is 2.10 bits per heavy atom. The van der Waals surface area contributed by atoms with Gasteiger partial charge in [0.15, 0.2) is 0 Å². The van der Waals surface area contributed by atoms with Gasteiger partial charge in [0.1, 0.15) is 0 Å². The summed E-state index contributed by atoms with van der Waals surface area (Å²) < 4.78 is 0. The van der Waals surface area contributed by atoms with Crippen molar-refractivity contribution in [2.24, 2.45) is 17.8 Å². The number of piperidine rings is 1. The van der Waals surface area contributed by atoms with E-state index in [-0.39, 0.29) is 11.9 Å². The van der Waals surface area contributed by atoms with E-state index in [1.807, 2.05) is 0 Å². The molecule has 1 saturated heterocycles. The van der Waals surface area contributed by atoms with Crippen LogP contribution in [0, 0.1) is 17.8 Å². The molecule has 0 bridgehead atoms. The van der Waals surface area contributed by atoms with E-state index in [0.29, 0.717) is 32.0 Å². The first-order chi connectivity index (χ1) is 9.97. The van der Waals surface area contributed by atoms with Crippen molar-refractivity contribution < 1.29 is 14.7 Å². The van der Waals surface area contributed by atoms with Gasteiger partial charge in [-0.1, -0.05) is 13.8 Å². The van der Waals surface area contributed by atoms with Gasteiger partial charge in [-0.05, 0) is 50.4 Å². The van der Waals surface area contributed by atoms with Gasteiger partial charge in [-0.3, -0.25) is 4.79 Å². The van der Waals surface area contributed by atoms with E-state index in [0.717, 1.165) is 24.7 Å². The fourth-order valence-corrected chi connectivity index (χ4v) is 3.53. The molecule has 0 atom stereocenters. The molecule has 1 aliphatic carbocycles. The van der Waals surface area contributed by atoms with Gasteiger partial charge in [0.2, 0.25) is 0 Å². The predicted octanol–water partition coefficient (Wildman–Crippen LogP) is 2.71. The van der Waals surface area contributed by atoms with Crippen molar-refractivity contribution in [3.63, 3.8) is 0 Å². The van der Waals surface area contributed by atoms with Crippen molar-refractivity contribution in [3.8, 4) is 0 Å². The number of carbonyl (C=O) groups excluding carboxylic acids is 1. The first-order valence-electron chi connectivity index (χ1n) is 8.25. The molecule has 0 unspecified atom stereocenters. The molecule has 0 aromatic carbocycles. The average Bonchev–Trinajstić information content (AvgIpc) is 2.47. The molecule has 0 spiro atoms. The van der Waals surface area contributed by atoms with Crippen LogP contribution in [0.1, 0.15) is 52.4 Å². The molecule has 0 aromatic rings. The van der Waals surface area contributed by atoms with Crippen LogP contribution in [0.4, 0.5) is 4.79 Å². The molecule has 0 aromatic heterocycles. The maximum Gasteiger partial charge on any atom is 0.317 e. The van der Waals surface area contributed by atoms with E-state index in [1.165, 1.54) is 12.8 Å². The molecule has 2 fully saturated rings. The second kappa shape index (κ2) is 7.14. The van der Waals surface area contributed by atoms with Crippen LogP contribution in [0.25, 0.3) is 0 Å². The molecule has 0 radical (unpaired) electrons. The predicted molar refractivity (Wildman–Crippen MR) is 81.0 cm³/mol. The summed E-state index contributed by atoms with van der Waals surface area (Å²) >= 11 is 0. The standard InChI is InChI=1S/C16H28N2O3/c1-11(2)12-3-5-14(6-4-12)17-16(21)18-9-7-13(8-10-18)15(19)20/h11-14H,3-10H2,1-2H3,(H,17,21)(H,19,20). The summed E-state index contributed by atoms with van der Waals surface area (Å²) in [5.74, 6) is 0.513. The van der Waals surface area contributed by atoms with Gasteiger partial charge in [0.05, 0.1) is 5.92 Å². The summed E-state index contributed by atoms with van der Waals surface area (Å²) in [6.07, 6.45) is 5.68. The van der Waals surface area contributed by atoms with Gasteiger partial charge in [0, 0.05) is 19.1 Å². The number of likely N-dealkylation sites (tertiary alicyclic amines) is 1. The highest BCUT2D eigenvalue weighted by Gasteiger charge is 2.29. The summed E-state index contributed by atoms with van der Waals surface area (Å²) in [5.41, 5.74) is 0. The number of aliphatic carboxylic acids is 1. The van der Waals surface area contributed by atoms with E-state index < -0.39 is 5.97 Å². The lowest BCUT2D eigenvalue weighted by Crippen LogP contribution is -2.49. The van der Waals surface area contributed by atoms with E-state index in [2.05, 4.69) is 19.2 Å². The van der Waals surface area contributed by atoms with Gasteiger partial charge in [0.25, 0.3) is 0 Å². The number of hydrogen-bond donors (Lipinski definition) is 2. The van der Waals surface area contributed by atoms with Crippen LogP contribution < -0.4 is 5.32 Å². The second-order valence-electron chi connectivity index (χ2n) is 6.90. The fraction of sp³-hybridized carbons (Fsp3) is 0.875. The zero-order valence-electron chi connectivity index (χ0n) is 13.2. The highest BCUT2D eigenvalue weighted by atomic mass is 16.4. The minimum atomic E-state index is -0.734. The summed E-state index contributed by atoms with van der Waals surface area (Å²) in [7, 11) is 0. The molecule has 21 heavy (non-hydrogen) atoms. The van der Waals surface area contributed by atoms with Gasteiger partial charge < -0.3 is 15.3 Å². The molecule has 1 aliphatic heterocycles. The molecular weight excluding hydrogens is 268 g/mol. The van der Waals surface area contributed by atoms with Crippen LogP contribution in [0.3, 0.4) is 0 Å². The third kappa shape index (κ3) is 4.35. The Morgan fingerprint density at radius 2 is 1.62 bits per heavy atom. The highest BCUT2D eigenvalue weighted by Crippen LogP contribution is 2.30. The number of hydrogen-bond acceptors (Lipinski definition) is 2. The first-order valence-corrected chi connectivity index (χ1v) is 8.25. The monoisotopic (exact) mass is 296 g/mol. The number of carboxylic acids is 1. The summed E-state index contributed by atoms with van der Waals surface area (Å²) in [5, 5.41) is 12.1. The number of nitrogens with zero attached hydrogens (tertiary/aromatic N) is 1. The van der Waals surface area contributed by atoms with Crippen LogP contribution in [0.15, 0.2) is 0 Å². The Kier molecular flexibility index (Phi) is 5.48. The van der Waals surface area contributed by atoms with Gasteiger partial charge in [-0.25, -0.2) is 4.79 Å². The smallest absolute Gasteiger partial charge is 0.317 e. The van der Waals surface area contributed by atoms with E-state index >= 15 is 0 Å². The SMILES string of the molecule is CC(C)C1CCC(NC(=O)N2CCC(C(=O)O)CC2)CC1. The Hall–Kier alpha value is -1.26. The van der Waals surface area contributed by atoms with E-state index in [4.69, 9.17) is 5.11 Å². The zero-order valence-corrected chi connectivity index (χ0v) is 13.2. The van der Waals surface area contributed by atoms with Crippen molar-refractivity contribution in [1.82, 2.24) is 10.2 Å². The second-order valence-corrected chi connectivity index (χ2v) is 6.90. The molecule has 2 N–H and O–H groups in total. The number of carbonyl (C=O) groups is 2. The van der Waals surface area contributed by atoms with Crippen LogP contribution in [-0.2, 0) is 4.79 Å². The van der Waals surface area contributed by atoms with Crippen LogP contribution in [0.2, 0.25) is 0 Å². The lowest BCUT2D eigenvalue weighted by molar-refractivity contribution is -0.143. The number of amides is 2. The normalized spacial score (nSPS) is 27.7. The Balaban J connectivity index is 1.72. The van der Waals surface area contributed by atoms with Crippen LogP contribution >= 0.6 is 0 Å². The Bertz CT molecular complexity index is 368. The van der Waals surface area contributed by atoms with Crippen molar-refractivity contribution in [1.29, 1.82) is 0 Å². The molecule has 1 saturated carbocycles. The number of nitrogens with one attached hydrogen (secondary N) is 1. The molecule has 1 heterocycles. The van der Waals surface area contributed by atoms with Crippen LogP contribution in [-0.4, -0.2) is 41.1 Å². The molecule has 5 nitrogen and oxygen atoms in total. The third-order valence-electron chi connectivity index (χ3n) is 5.17. The fourth-order valence-electron chi connectivity index (χ4n) is 3.53. The molecule has 120 valence electrons. The molecule has 2 rings (SSSR count). The highest BCUT2D eigenvalue weighted by molar-refractivity contribution is 5.75. The van der Waals surface area contributed by atoms with Crippen LogP contribution in [0.5, 0.6) is 0 Å². The molecule has 5 heteroatoms. The van der Waals surface area contributed by atoms with Crippen molar-refractivity contribution in [2.75, 3.05) is 13.1 Å². The largest absolute Gasteiger partial charge is 0.481 e.